The first-order chi connectivity index (χ1) is 11.6. The lowest BCUT2D eigenvalue weighted by molar-refractivity contribution is -0.141. The summed E-state index contributed by atoms with van der Waals surface area (Å²) < 4.78 is 4.46. The van der Waals surface area contributed by atoms with Gasteiger partial charge in [0.05, 0.1) is 13.5 Å². The third-order valence-electron chi connectivity index (χ3n) is 3.95. The SMILES string of the molecule is COC(=O)CNC(=O)Cc1ccc(NC(=O)C2CCNCC2)cc1.Cl. The summed E-state index contributed by atoms with van der Waals surface area (Å²) in [6.07, 6.45) is 1.87. The molecule has 0 aliphatic carbocycles. The Bertz CT molecular complexity index is 586. The Morgan fingerprint density at radius 2 is 1.80 bits per heavy atom. The zero-order valence-electron chi connectivity index (χ0n) is 14.2. The topological polar surface area (TPSA) is 96.5 Å². The zero-order valence-corrected chi connectivity index (χ0v) is 15.0. The number of carbonyl (C=O) groups excluding carboxylic acids is 3. The Kier molecular flexibility index (Phi) is 8.94. The van der Waals surface area contributed by atoms with Crippen molar-refractivity contribution in [3.63, 3.8) is 0 Å². The quantitative estimate of drug-likeness (QED) is 0.647. The van der Waals surface area contributed by atoms with Gasteiger partial charge in [-0.3, -0.25) is 14.4 Å². The second-order valence-corrected chi connectivity index (χ2v) is 5.74. The van der Waals surface area contributed by atoms with Crippen molar-refractivity contribution in [2.45, 2.75) is 19.3 Å². The Labute approximate surface area is 153 Å². The largest absolute Gasteiger partial charge is 0.468 e. The highest BCUT2D eigenvalue weighted by molar-refractivity contribution is 5.92. The number of methoxy groups -OCH3 is 1. The summed E-state index contributed by atoms with van der Waals surface area (Å²) in [6, 6.07) is 7.13. The molecular weight excluding hydrogens is 346 g/mol. The van der Waals surface area contributed by atoms with Crippen LogP contribution in [0.5, 0.6) is 0 Å². The molecule has 0 aromatic heterocycles. The number of nitrogens with one attached hydrogen (secondary N) is 3. The van der Waals surface area contributed by atoms with Crippen molar-refractivity contribution in [1.82, 2.24) is 10.6 Å². The van der Waals surface area contributed by atoms with Crippen LogP contribution in [-0.4, -0.2) is 44.5 Å². The number of amides is 2. The maximum Gasteiger partial charge on any atom is 0.325 e. The number of piperidine rings is 1. The molecule has 0 bridgehead atoms. The van der Waals surface area contributed by atoms with Crippen molar-refractivity contribution < 1.29 is 19.1 Å². The third kappa shape index (κ3) is 7.11. The van der Waals surface area contributed by atoms with Gasteiger partial charge >= 0.3 is 5.97 Å². The molecule has 1 heterocycles. The molecule has 1 fully saturated rings. The summed E-state index contributed by atoms with van der Waals surface area (Å²) in [5.41, 5.74) is 1.52. The van der Waals surface area contributed by atoms with E-state index < -0.39 is 5.97 Å². The van der Waals surface area contributed by atoms with Crippen molar-refractivity contribution in [2.24, 2.45) is 5.92 Å². The number of esters is 1. The molecule has 0 saturated carbocycles. The number of anilines is 1. The number of ether oxygens (including phenoxy) is 1. The van der Waals surface area contributed by atoms with Crippen LogP contribution in [0.3, 0.4) is 0 Å². The van der Waals surface area contributed by atoms with Crippen LogP contribution in [0.2, 0.25) is 0 Å². The summed E-state index contributed by atoms with van der Waals surface area (Å²) in [5.74, 6) is -0.652. The Hall–Kier alpha value is -2.12. The molecule has 1 aliphatic heterocycles. The van der Waals surface area contributed by atoms with Gasteiger partial charge < -0.3 is 20.7 Å². The number of benzene rings is 1. The number of hydrogen-bond donors (Lipinski definition) is 3. The van der Waals surface area contributed by atoms with E-state index in [-0.39, 0.29) is 43.1 Å². The molecule has 8 heteroatoms. The maximum atomic E-state index is 12.2. The van der Waals surface area contributed by atoms with Crippen LogP contribution in [0.15, 0.2) is 24.3 Å². The lowest BCUT2D eigenvalue weighted by atomic mass is 9.97. The standard InChI is InChI=1S/C17H23N3O4.ClH/c1-24-16(22)11-19-15(21)10-12-2-4-14(5-3-12)20-17(23)13-6-8-18-9-7-13;/h2-5,13,18H,6-11H2,1H3,(H,19,21)(H,20,23);1H. The first-order valence-electron chi connectivity index (χ1n) is 8.02. The molecule has 3 N–H and O–H groups in total. The average molecular weight is 370 g/mol. The summed E-state index contributed by atoms with van der Waals surface area (Å²) >= 11 is 0. The van der Waals surface area contributed by atoms with Crippen molar-refractivity contribution in [3.05, 3.63) is 29.8 Å². The molecule has 1 aliphatic rings. The molecule has 138 valence electrons. The highest BCUT2D eigenvalue weighted by Gasteiger charge is 2.20. The van der Waals surface area contributed by atoms with E-state index in [4.69, 9.17) is 0 Å². The van der Waals surface area contributed by atoms with E-state index in [0.717, 1.165) is 37.2 Å². The number of carbonyl (C=O) groups is 3. The molecule has 1 aromatic carbocycles. The van der Waals surface area contributed by atoms with E-state index >= 15 is 0 Å². The number of rotatable bonds is 6. The average Bonchev–Trinajstić information content (AvgIpc) is 2.62. The summed E-state index contributed by atoms with van der Waals surface area (Å²) in [7, 11) is 1.27. The lowest BCUT2D eigenvalue weighted by Crippen LogP contribution is -2.34. The zero-order chi connectivity index (χ0) is 17.4. The second-order valence-electron chi connectivity index (χ2n) is 5.74. The minimum Gasteiger partial charge on any atom is -0.468 e. The Balaban J connectivity index is 0.00000312. The molecule has 0 atom stereocenters. The van der Waals surface area contributed by atoms with Crippen molar-refractivity contribution in [3.8, 4) is 0 Å². The highest BCUT2D eigenvalue weighted by atomic mass is 35.5. The molecule has 0 unspecified atom stereocenters. The van der Waals surface area contributed by atoms with Crippen LogP contribution in [0, 0.1) is 5.92 Å². The molecule has 2 rings (SSSR count). The van der Waals surface area contributed by atoms with Gasteiger partial charge in [0.2, 0.25) is 11.8 Å². The highest BCUT2D eigenvalue weighted by Crippen LogP contribution is 2.16. The Morgan fingerprint density at radius 1 is 1.16 bits per heavy atom. The van der Waals surface area contributed by atoms with E-state index in [2.05, 4.69) is 20.7 Å². The molecule has 7 nitrogen and oxygen atoms in total. The second kappa shape index (κ2) is 10.7. The van der Waals surface area contributed by atoms with E-state index in [1.807, 2.05) is 0 Å². The molecule has 25 heavy (non-hydrogen) atoms. The van der Waals surface area contributed by atoms with Gasteiger partial charge in [-0.05, 0) is 43.6 Å². The first kappa shape index (κ1) is 20.9. The van der Waals surface area contributed by atoms with Crippen LogP contribution in [0.4, 0.5) is 5.69 Å². The van der Waals surface area contributed by atoms with Gasteiger partial charge in [-0.25, -0.2) is 0 Å². The van der Waals surface area contributed by atoms with Crippen molar-refractivity contribution in [1.29, 1.82) is 0 Å². The summed E-state index contributed by atoms with van der Waals surface area (Å²) in [6.45, 7) is 1.61. The first-order valence-corrected chi connectivity index (χ1v) is 8.02. The predicted molar refractivity (Wildman–Crippen MR) is 96.6 cm³/mol. The van der Waals surface area contributed by atoms with E-state index in [9.17, 15) is 14.4 Å². The minimum atomic E-state index is -0.487. The van der Waals surface area contributed by atoms with Crippen molar-refractivity contribution >= 4 is 35.9 Å². The smallest absolute Gasteiger partial charge is 0.325 e. The molecular formula is C17H24ClN3O4. The fourth-order valence-corrected chi connectivity index (χ4v) is 2.53. The van der Waals surface area contributed by atoms with Gasteiger partial charge in [-0.1, -0.05) is 12.1 Å². The van der Waals surface area contributed by atoms with Crippen LogP contribution in [-0.2, 0) is 25.5 Å². The molecule has 0 radical (unpaired) electrons. The third-order valence-corrected chi connectivity index (χ3v) is 3.95. The van der Waals surface area contributed by atoms with Gasteiger partial charge in [-0.15, -0.1) is 12.4 Å². The van der Waals surface area contributed by atoms with E-state index in [1.165, 1.54) is 7.11 Å². The van der Waals surface area contributed by atoms with Crippen LogP contribution >= 0.6 is 12.4 Å². The van der Waals surface area contributed by atoms with E-state index in [0.29, 0.717) is 0 Å². The fourth-order valence-electron chi connectivity index (χ4n) is 2.53. The van der Waals surface area contributed by atoms with Gasteiger partial charge in [0.25, 0.3) is 0 Å². The molecule has 2 amide bonds. The molecule has 1 aromatic rings. The normalized spacial score (nSPS) is 14.1. The summed E-state index contributed by atoms with van der Waals surface area (Å²) in [5, 5.41) is 8.63. The minimum absolute atomic E-state index is 0. The van der Waals surface area contributed by atoms with Crippen LogP contribution < -0.4 is 16.0 Å². The van der Waals surface area contributed by atoms with Gasteiger partial charge in [0, 0.05) is 11.6 Å². The van der Waals surface area contributed by atoms with Crippen LogP contribution in [0.1, 0.15) is 18.4 Å². The molecule has 1 saturated heterocycles. The number of hydrogen-bond acceptors (Lipinski definition) is 5. The van der Waals surface area contributed by atoms with Crippen LogP contribution in [0.25, 0.3) is 0 Å². The number of halogens is 1. The van der Waals surface area contributed by atoms with Gasteiger partial charge in [0.1, 0.15) is 6.54 Å². The van der Waals surface area contributed by atoms with Gasteiger partial charge in [0.15, 0.2) is 0 Å². The van der Waals surface area contributed by atoms with Gasteiger partial charge in [-0.2, -0.15) is 0 Å². The van der Waals surface area contributed by atoms with Crippen molar-refractivity contribution in [2.75, 3.05) is 32.1 Å². The monoisotopic (exact) mass is 369 g/mol. The summed E-state index contributed by atoms with van der Waals surface area (Å²) in [4.78, 5) is 34.8. The Morgan fingerprint density at radius 3 is 2.40 bits per heavy atom. The van der Waals surface area contributed by atoms with E-state index in [1.54, 1.807) is 24.3 Å². The maximum absolute atomic E-state index is 12.2. The lowest BCUT2D eigenvalue weighted by Gasteiger charge is -2.21. The predicted octanol–water partition coefficient (Wildman–Crippen LogP) is 0.878. The fraction of sp³-hybridized carbons (Fsp3) is 0.471. The molecule has 0 spiro atoms.